The second-order valence-electron chi connectivity index (χ2n) is 5.43. The highest BCUT2D eigenvalue weighted by atomic mass is 79.9. The van der Waals surface area contributed by atoms with Crippen molar-refractivity contribution < 1.29 is 19.4 Å². The molecule has 0 aromatic heterocycles. The normalized spacial score (nSPS) is 12.9. The van der Waals surface area contributed by atoms with Gasteiger partial charge in [-0.3, -0.25) is 9.59 Å². The maximum absolute atomic E-state index is 12.2. The number of benzene rings is 2. The van der Waals surface area contributed by atoms with Crippen molar-refractivity contribution in [2.24, 2.45) is 5.92 Å². The zero-order chi connectivity index (χ0) is 18.2. The predicted octanol–water partition coefficient (Wildman–Crippen LogP) is 3.09. The van der Waals surface area contributed by atoms with Gasteiger partial charge in [0.1, 0.15) is 5.92 Å². The van der Waals surface area contributed by atoms with Crippen molar-refractivity contribution in [3.05, 3.63) is 70.2 Å². The van der Waals surface area contributed by atoms with Crippen LogP contribution in [-0.4, -0.2) is 30.1 Å². The minimum absolute atomic E-state index is 0.0275. The van der Waals surface area contributed by atoms with Crippen molar-refractivity contribution in [2.45, 2.75) is 13.0 Å². The van der Waals surface area contributed by atoms with Crippen molar-refractivity contribution in [3.8, 4) is 0 Å². The lowest BCUT2D eigenvalue weighted by Crippen LogP contribution is -2.37. The molecule has 0 radical (unpaired) electrons. The number of esters is 1. The van der Waals surface area contributed by atoms with Crippen molar-refractivity contribution >= 4 is 27.8 Å². The molecule has 0 heterocycles. The van der Waals surface area contributed by atoms with Gasteiger partial charge in [-0.25, -0.2) is 0 Å². The molecule has 2 aromatic carbocycles. The molecule has 0 fully saturated rings. The van der Waals surface area contributed by atoms with Gasteiger partial charge >= 0.3 is 5.97 Å². The fourth-order valence-corrected chi connectivity index (χ4v) is 2.81. The number of carbonyl (C=O) groups excluding carboxylic acids is 2. The van der Waals surface area contributed by atoms with Crippen LogP contribution in [0, 0.1) is 5.92 Å². The van der Waals surface area contributed by atoms with Crippen LogP contribution >= 0.6 is 15.9 Å². The first-order valence-corrected chi connectivity index (χ1v) is 8.75. The van der Waals surface area contributed by atoms with E-state index in [-0.39, 0.29) is 19.1 Å². The van der Waals surface area contributed by atoms with E-state index >= 15 is 0 Å². The Morgan fingerprint density at radius 3 is 2.52 bits per heavy atom. The number of amides is 1. The van der Waals surface area contributed by atoms with Crippen molar-refractivity contribution in [1.29, 1.82) is 0 Å². The quantitative estimate of drug-likeness (QED) is 0.693. The van der Waals surface area contributed by atoms with Crippen molar-refractivity contribution in [3.63, 3.8) is 0 Å². The minimum atomic E-state index is -1.09. The van der Waals surface area contributed by atoms with Crippen molar-refractivity contribution in [2.75, 3.05) is 13.2 Å². The van der Waals surface area contributed by atoms with E-state index in [1.54, 1.807) is 49.4 Å². The third-order valence-corrected chi connectivity index (χ3v) is 4.17. The lowest BCUT2D eigenvalue weighted by Gasteiger charge is -2.22. The summed E-state index contributed by atoms with van der Waals surface area (Å²) in [4.78, 5) is 24.4. The molecule has 6 heteroatoms. The lowest BCUT2D eigenvalue weighted by molar-refractivity contribution is -0.151. The number of hydrogen-bond donors (Lipinski definition) is 2. The topological polar surface area (TPSA) is 75.6 Å². The molecule has 5 nitrogen and oxygen atoms in total. The molecular weight excluding hydrogens is 386 g/mol. The predicted molar refractivity (Wildman–Crippen MR) is 98.0 cm³/mol. The van der Waals surface area contributed by atoms with Gasteiger partial charge in [-0.2, -0.15) is 0 Å². The second kappa shape index (κ2) is 9.34. The first-order valence-electron chi connectivity index (χ1n) is 7.96. The van der Waals surface area contributed by atoms with E-state index in [1.807, 2.05) is 12.1 Å². The van der Waals surface area contributed by atoms with Crippen LogP contribution < -0.4 is 5.32 Å². The van der Waals surface area contributed by atoms with E-state index in [0.717, 1.165) is 4.47 Å². The molecule has 0 aliphatic heterocycles. The van der Waals surface area contributed by atoms with Gasteiger partial charge in [0.05, 0.1) is 12.7 Å². The molecule has 0 saturated heterocycles. The van der Waals surface area contributed by atoms with Gasteiger partial charge in [-0.05, 0) is 36.8 Å². The third kappa shape index (κ3) is 5.41. The first kappa shape index (κ1) is 19.1. The number of halogens is 1. The van der Waals surface area contributed by atoms with Crippen LogP contribution in [0.25, 0.3) is 0 Å². The molecule has 0 unspecified atom stereocenters. The molecule has 0 spiro atoms. The van der Waals surface area contributed by atoms with E-state index in [9.17, 15) is 14.7 Å². The number of aliphatic hydroxyl groups excluding tert-OH is 1. The molecule has 2 atom stereocenters. The van der Waals surface area contributed by atoms with Gasteiger partial charge in [0.25, 0.3) is 5.91 Å². The van der Waals surface area contributed by atoms with Gasteiger partial charge < -0.3 is 15.2 Å². The number of ether oxygens (including phenoxy) is 1. The zero-order valence-corrected chi connectivity index (χ0v) is 15.4. The van der Waals surface area contributed by atoms with E-state index < -0.39 is 18.0 Å². The van der Waals surface area contributed by atoms with E-state index in [4.69, 9.17) is 4.74 Å². The molecule has 2 aromatic rings. The van der Waals surface area contributed by atoms with Crippen LogP contribution in [0.2, 0.25) is 0 Å². The summed E-state index contributed by atoms with van der Waals surface area (Å²) in [7, 11) is 0. The molecular formula is C19H20BrNO4. The largest absolute Gasteiger partial charge is 0.466 e. The SMILES string of the molecule is CCOC(=O)[C@H](CNC(=O)c1ccccc1)[C@H](O)c1cccc(Br)c1. The average Bonchev–Trinajstić information content (AvgIpc) is 2.62. The van der Waals surface area contributed by atoms with Gasteiger partial charge in [0.15, 0.2) is 0 Å². The fourth-order valence-electron chi connectivity index (χ4n) is 2.39. The fraction of sp³-hybridized carbons (Fsp3) is 0.263. The maximum Gasteiger partial charge on any atom is 0.313 e. The number of rotatable bonds is 7. The van der Waals surface area contributed by atoms with Gasteiger partial charge in [-0.1, -0.05) is 46.3 Å². The molecule has 0 aliphatic carbocycles. The minimum Gasteiger partial charge on any atom is -0.466 e. The van der Waals surface area contributed by atoms with Gasteiger partial charge in [0, 0.05) is 16.6 Å². The van der Waals surface area contributed by atoms with Crippen LogP contribution in [0.1, 0.15) is 28.9 Å². The highest BCUT2D eigenvalue weighted by Crippen LogP contribution is 2.25. The summed E-state index contributed by atoms with van der Waals surface area (Å²) in [5.74, 6) is -1.76. The highest BCUT2D eigenvalue weighted by molar-refractivity contribution is 9.10. The Bertz CT molecular complexity index is 720. The van der Waals surface area contributed by atoms with Crippen LogP contribution in [0.5, 0.6) is 0 Å². The monoisotopic (exact) mass is 405 g/mol. The summed E-state index contributed by atoms with van der Waals surface area (Å²) in [5.41, 5.74) is 1.06. The summed E-state index contributed by atoms with van der Waals surface area (Å²) >= 11 is 3.34. The maximum atomic E-state index is 12.2. The van der Waals surface area contributed by atoms with Gasteiger partial charge in [-0.15, -0.1) is 0 Å². The molecule has 0 saturated carbocycles. The summed E-state index contributed by atoms with van der Waals surface area (Å²) in [6.07, 6.45) is -1.09. The number of hydrogen-bond acceptors (Lipinski definition) is 4. The molecule has 0 aliphatic rings. The summed E-state index contributed by atoms with van der Waals surface area (Å²) < 4.78 is 5.84. The molecule has 132 valence electrons. The summed E-state index contributed by atoms with van der Waals surface area (Å²) in [5, 5.41) is 13.3. The molecule has 2 N–H and O–H groups in total. The Kier molecular flexibility index (Phi) is 7.16. The number of aliphatic hydroxyl groups is 1. The molecule has 2 rings (SSSR count). The lowest BCUT2D eigenvalue weighted by atomic mass is 9.95. The van der Waals surface area contributed by atoms with Crippen molar-refractivity contribution in [1.82, 2.24) is 5.32 Å². The Hall–Kier alpha value is -2.18. The first-order chi connectivity index (χ1) is 12.0. The Morgan fingerprint density at radius 2 is 1.88 bits per heavy atom. The van der Waals surface area contributed by atoms with E-state index in [2.05, 4.69) is 21.2 Å². The van der Waals surface area contributed by atoms with Crippen LogP contribution in [0.3, 0.4) is 0 Å². The highest BCUT2D eigenvalue weighted by Gasteiger charge is 2.30. The molecule has 0 bridgehead atoms. The number of carbonyl (C=O) groups is 2. The van der Waals surface area contributed by atoms with E-state index in [1.165, 1.54) is 0 Å². The zero-order valence-electron chi connectivity index (χ0n) is 13.8. The van der Waals surface area contributed by atoms with E-state index in [0.29, 0.717) is 11.1 Å². The smallest absolute Gasteiger partial charge is 0.313 e. The average molecular weight is 406 g/mol. The van der Waals surface area contributed by atoms with Gasteiger partial charge in [0.2, 0.25) is 0 Å². The summed E-state index contributed by atoms with van der Waals surface area (Å²) in [6.45, 7) is 1.87. The third-order valence-electron chi connectivity index (χ3n) is 3.68. The Labute approximate surface area is 155 Å². The standard InChI is InChI=1S/C19H20BrNO4/c1-2-25-19(24)16(17(22)14-9-6-10-15(20)11-14)12-21-18(23)13-7-4-3-5-8-13/h3-11,16-17,22H,2,12H2,1H3,(H,21,23)/t16-,17-/m1/s1. The Morgan fingerprint density at radius 1 is 1.16 bits per heavy atom. The summed E-state index contributed by atoms with van der Waals surface area (Å²) in [6, 6.07) is 15.7. The second-order valence-corrected chi connectivity index (χ2v) is 6.35. The Balaban J connectivity index is 2.13. The van der Waals surface area contributed by atoms with Crippen LogP contribution in [-0.2, 0) is 9.53 Å². The number of nitrogens with one attached hydrogen (secondary N) is 1. The molecule has 25 heavy (non-hydrogen) atoms. The van der Waals surface area contributed by atoms with Crippen LogP contribution in [0.15, 0.2) is 59.1 Å². The van der Waals surface area contributed by atoms with Crippen LogP contribution in [0.4, 0.5) is 0 Å². The molecule has 1 amide bonds.